The molecule has 0 saturated carbocycles. The highest BCUT2D eigenvalue weighted by atomic mass is 79.9. The summed E-state index contributed by atoms with van der Waals surface area (Å²) < 4.78 is 26.1. The van der Waals surface area contributed by atoms with Gasteiger partial charge in [-0.25, -0.2) is 18.5 Å². The molecular formula is C19H20BrN3O3S2. The van der Waals surface area contributed by atoms with Gasteiger partial charge in [0.1, 0.15) is 0 Å². The van der Waals surface area contributed by atoms with Crippen LogP contribution in [-0.4, -0.2) is 29.5 Å². The molecule has 1 heterocycles. The fourth-order valence-electron chi connectivity index (χ4n) is 2.86. The summed E-state index contributed by atoms with van der Waals surface area (Å²) in [6.07, 6.45) is 1.20. The van der Waals surface area contributed by atoms with Crippen LogP contribution in [0.3, 0.4) is 0 Å². The van der Waals surface area contributed by atoms with Crippen LogP contribution in [0.25, 0.3) is 11.0 Å². The number of imidazole rings is 1. The zero-order valence-electron chi connectivity index (χ0n) is 15.3. The molecular weight excluding hydrogens is 462 g/mol. The zero-order chi connectivity index (χ0) is 20.3. The molecule has 0 aliphatic carbocycles. The monoisotopic (exact) mass is 481 g/mol. The molecule has 0 amide bonds. The van der Waals surface area contributed by atoms with E-state index in [1.165, 1.54) is 12.1 Å². The molecule has 0 atom stereocenters. The zero-order valence-corrected chi connectivity index (χ0v) is 18.5. The Bertz CT molecular complexity index is 1110. The number of hydrogen-bond donors (Lipinski definition) is 1. The minimum absolute atomic E-state index is 0.0531. The lowest BCUT2D eigenvalue weighted by atomic mass is 10.1. The minimum atomic E-state index is -3.76. The van der Waals surface area contributed by atoms with Crippen molar-refractivity contribution in [3.05, 3.63) is 52.5 Å². The lowest BCUT2D eigenvalue weighted by Crippen LogP contribution is -2.11. The number of nitrogens with zero attached hydrogens (tertiary/aromatic N) is 2. The number of aryl methyl sites for hydroxylation is 1. The Kier molecular flexibility index (Phi) is 6.59. The van der Waals surface area contributed by atoms with Gasteiger partial charge in [-0.1, -0.05) is 39.8 Å². The number of primary sulfonamides is 1. The van der Waals surface area contributed by atoms with Crippen LogP contribution in [0.15, 0.2) is 57.0 Å². The standard InChI is InChI=1S/C19H20BrN3O3S2/c1-2-23-17-10-9-15(28(21,25)26)12-16(17)22-19(23)27-11-3-4-18(24)13-5-7-14(20)8-6-13/h5-10,12H,2-4,11H2,1H3,(H2,21,25,26). The van der Waals surface area contributed by atoms with E-state index in [0.717, 1.165) is 27.3 Å². The molecule has 28 heavy (non-hydrogen) atoms. The number of nitrogens with two attached hydrogens (primary N) is 1. The molecule has 3 rings (SSSR count). The number of ketones is 1. The average molecular weight is 482 g/mol. The fraction of sp³-hybridized carbons (Fsp3) is 0.263. The maximum Gasteiger partial charge on any atom is 0.238 e. The van der Waals surface area contributed by atoms with Crippen molar-refractivity contribution in [2.45, 2.75) is 36.4 Å². The summed E-state index contributed by atoms with van der Waals surface area (Å²) >= 11 is 4.93. The van der Waals surface area contributed by atoms with Gasteiger partial charge in [0.05, 0.1) is 15.9 Å². The number of benzene rings is 2. The van der Waals surface area contributed by atoms with Crippen LogP contribution in [0.2, 0.25) is 0 Å². The molecule has 0 unspecified atom stereocenters. The van der Waals surface area contributed by atoms with E-state index in [4.69, 9.17) is 5.14 Å². The van der Waals surface area contributed by atoms with Gasteiger partial charge in [-0.15, -0.1) is 0 Å². The van der Waals surface area contributed by atoms with Crippen LogP contribution in [0.1, 0.15) is 30.1 Å². The van der Waals surface area contributed by atoms with E-state index in [2.05, 4.69) is 20.9 Å². The summed E-state index contributed by atoms with van der Waals surface area (Å²) in [4.78, 5) is 16.9. The summed E-state index contributed by atoms with van der Waals surface area (Å²) in [7, 11) is -3.76. The molecule has 148 valence electrons. The molecule has 0 aliphatic heterocycles. The van der Waals surface area contributed by atoms with Gasteiger partial charge in [0.15, 0.2) is 10.9 Å². The molecule has 0 saturated heterocycles. The third-order valence-corrected chi connectivity index (χ3v) is 6.78. The maximum atomic E-state index is 12.2. The summed E-state index contributed by atoms with van der Waals surface area (Å²) in [5.74, 6) is 0.864. The molecule has 0 aliphatic rings. The van der Waals surface area contributed by atoms with E-state index >= 15 is 0 Å². The second-order valence-corrected chi connectivity index (χ2v) is 9.76. The number of carbonyl (C=O) groups is 1. The molecule has 2 N–H and O–H groups in total. The summed E-state index contributed by atoms with van der Waals surface area (Å²) in [6.45, 7) is 2.72. The average Bonchev–Trinajstić information content (AvgIpc) is 3.01. The SMILES string of the molecule is CCn1c(SCCCC(=O)c2ccc(Br)cc2)nc2cc(S(N)(=O)=O)ccc21. The highest BCUT2D eigenvalue weighted by Gasteiger charge is 2.14. The third-order valence-electron chi connectivity index (χ3n) is 4.27. The van der Waals surface area contributed by atoms with Crippen LogP contribution < -0.4 is 5.14 Å². The number of carbonyl (C=O) groups excluding carboxylic acids is 1. The quantitative estimate of drug-likeness (QED) is 0.295. The van der Waals surface area contributed by atoms with E-state index in [9.17, 15) is 13.2 Å². The van der Waals surface area contributed by atoms with Gasteiger partial charge >= 0.3 is 0 Å². The Morgan fingerprint density at radius 3 is 2.57 bits per heavy atom. The molecule has 0 fully saturated rings. The Morgan fingerprint density at radius 1 is 1.21 bits per heavy atom. The fourth-order valence-corrected chi connectivity index (χ4v) is 4.67. The van der Waals surface area contributed by atoms with Crippen LogP contribution in [-0.2, 0) is 16.6 Å². The minimum Gasteiger partial charge on any atom is -0.319 e. The molecule has 6 nitrogen and oxygen atoms in total. The first-order valence-corrected chi connectivity index (χ1v) is 12.1. The summed E-state index contributed by atoms with van der Waals surface area (Å²) in [5, 5.41) is 6.01. The molecule has 9 heteroatoms. The second-order valence-electron chi connectivity index (χ2n) is 6.22. The van der Waals surface area contributed by atoms with E-state index in [-0.39, 0.29) is 10.7 Å². The maximum absolute atomic E-state index is 12.2. The van der Waals surface area contributed by atoms with Gasteiger partial charge in [0.2, 0.25) is 10.0 Å². The van der Waals surface area contributed by atoms with Crippen molar-refractivity contribution in [3.63, 3.8) is 0 Å². The summed E-state index contributed by atoms with van der Waals surface area (Å²) in [5.41, 5.74) is 2.18. The Hall–Kier alpha value is -1.68. The number of halogens is 1. The predicted molar refractivity (Wildman–Crippen MR) is 115 cm³/mol. The summed E-state index contributed by atoms with van der Waals surface area (Å²) in [6, 6.07) is 12.1. The topological polar surface area (TPSA) is 95.0 Å². The van der Waals surface area contributed by atoms with E-state index in [1.807, 2.05) is 35.8 Å². The van der Waals surface area contributed by atoms with Crippen molar-refractivity contribution in [2.75, 3.05) is 5.75 Å². The van der Waals surface area contributed by atoms with Gasteiger partial charge in [-0.3, -0.25) is 4.79 Å². The van der Waals surface area contributed by atoms with Crippen molar-refractivity contribution in [1.29, 1.82) is 0 Å². The smallest absolute Gasteiger partial charge is 0.238 e. The van der Waals surface area contributed by atoms with Gasteiger partial charge in [-0.2, -0.15) is 0 Å². The van der Waals surface area contributed by atoms with E-state index in [0.29, 0.717) is 24.0 Å². The normalized spacial score (nSPS) is 11.8. The molecule has 3 aromatic rings. The third kappa shape index (κ3) is 4.83. The molecule has 0 spiro atoms. The first kappa shape index (κ1) is 21.0. The Balaban J connectivity index is 1.66. The number of thioether (sulfide) groups is 1. The van der Waals surface area contributed by atoms with Gasteiger partial charge in [-0.05, 0) is 43.7 Å². The first-order valence-electron chi connectivity index (χ1n) is 8.74. The Labute approximate surface area is 176 Å². The van der Waals surface area contributed by atoms with Crippen molar-refractivity contribution in [1.82, 2.24) is 9.55 Å². The highest BCUT2D eigenvalue weighted by molar-refractivity contribution is 9.10. The van der Waals surface area contributed by atoms with E-state index < -0.39 is 10.0 Å². The number of hydrogen-bond acceptors (Lipinski definition) is 5. The second kappa shape index (κ2) is 8.77. The lowest BCUT2D eigenvalue weighted by Gasteiger charge is -2.06. The predicted octanol–water partition coefficient (Wildman–Crippen LogP) is 4.22. The number of sulfonamides is 1. The van der Waals surface area contributed by atoms with Crippen LogP contribution in [0.4, 0.5) is 0 Å². The van der Waals surface area contributed by atoms with Crippen molar-refractivity contribution in [2.24, 2.45) is 5.14 Å². The van der Waals surface area contributed by atoms with Crippen LogP contribution >= 0.6 is 27.7 Å². The van der Waals surface area contributed by atoms with Gasteiger partial charge in [0.25, 0.3) is 0 Å². The van der Waals surface area contributed by atoms with E-state index in [1.54, 1.807) is 17.8 Å². The number of fused-ring (bicyclic) bond motifs is 1. The Morgan fingerprint density at radius 2 is 1.93 bits per heavy atom. The molecule has 2 aromatic carbocycles. The number of Topliss-reactive ketones (excluding diaryl/α,β-unsaturated/α-hetero) is 1. The van der Waals surface area contributed by atoms with Gasteiger partial charge < -0.3 is 4.57 Å². The molecule has 1 aromatic heterocycles. The van der Waals surface area contributed by atoms with Crippen molar-refractivity contribution < 1.29 is 13.2 Å². The van der Waals surface area contributed by atoms with Crippen molar-refractivity contribution in [3.8, 4) is 0 Å². The molecule has 0 radical (unpaired) electrons. The van der Waals surface area contributed by atoms with Crippen LogP contribution in [0, 0.1) is 0 Å². The van der Waals surface area contributed by atoms with Crippen molar-refractivity contribution >= 4 is 54.5 Å². The van der Waals surface area contributed by atoms with Crippen LogP contribution in [0.5, 0.6) is 0 Å². The largest absolute Gasteiger partial charge is 0.319 e. The lowest BCUT2D eigenvalue weighted by molar-refractivity contribution is 0.0982. The van der Waals surface area contributed by atoms with Gasteiger partial charge in [0, 0.05) is 28.8 Å². The highest BCUT2D eigenvalue weighted by Crippen LogP contribution is 2.26. The number of rotatable bonds is 8. The molecule has 0 bridgehead atoms. The first-order chi connectivity index (χ1) is 13.3. The number of aromatic nitrogens is 2.